The van der Waals surface area contributed by atoms with Crippen molar-refractivity contribution >= 4 is 43.2 Å². The van der Waals surface area contributed by atoms with E-state index in [0.29, 0.717) is 21.6 Å². The quantitative estimate of drug-likeness (QED) is 0.744. The van der Waals surface area contributed by atoms with E-state index in [1.165, 1.54) is 14.0 Å². The number of nitrogens with one attached hydrogen (secondary N) is 1. The first kappa shape index (κ1) is 20.3. The fourth-order valence-electron chi connectivity index (χ4n) is 2.55. The van der Waals surface area contributed by atoms with Crippen molar-refractivity contribution in [3.8, 4) is 5.75 Å². The van der Waals surface area contributed by atoms with Gasteiger partial charge < -0.3 is 10.1 Å². The molecule has 1 N–H and O–H groups in total. The molecule has 2 aromatic rings. The number of methoxy groups -OCH3 is 1. The number of aryl methyl sites for hydroxylation is 1. The third kappa shape index (κ3) is 4.56. The normalized spacial score (nSPS) is 12.3. The maximum absolute atomic E-state index is 12.7. The van der Waals surface area contributed by atoms with Crippen LogP contribution in [-0.4, -0.2) is 33.7 Å². The molecule has 0 aliphatic heterocycles. The lowest BCUT2D eigenvalue weighted by atomic mass is 10.2. The fraction of sp³-hybridized carbons (Fsp3) is 0.278. The van der Waals surface area contributed by atoms with Crippen LogP contribution in [0.2, 0.25) is 0 Å². The fourth-order valence-corrected chi connectivity index (χ4v) is 4.11. The number of halogens is 1. The number of benzene rings is 2. The molecule has 1 atom stereocenters. The molecule has 0 radical (unpaired) electrons. The lowest BCUT2D eigenvalue weighted by Gasteiger charge is -2.29. The number of hydrogen-bond donors (Lipinski definition) is 1. The molecule has 0 aliphatic rings. The number of nitrogens with zero attached hydrogens (tertiary/aromatic N) is 1. The molecule has 6 nitrogen and oxygen atoms in total. The smallest absolute Gasteiger partial charge is 0.248 e. The average molecular weight is 441 g/mol. The summed E-state index contributed by atoms with van der Waals surface area (Å²) < 4.78 is 32.0. The van der Waals surface area contributed by atoms with Gasteiger partial charge in [0.15, 0.2) is 0 Å². The van der Waals surface area contributed by atoms with E-state index in [0.717, 1.165) is 16.1 Å². The molecule has 0 bridgehead atoms. The predicted octanol–water partition coefficient (Wildman–Crippen LogP) is 3.56. The van der Waals surface area contributed by atoms with Crippen LogP contribution in [-0.2, 0) is 14.8 Å². The summed E-state index contributed by atoms with van der Waals surface area (Å²) in [6.45, 7) is 3.38. The van der Waals surface area contributed by atoms with Crippen molar-refractivity contribution in [3.63, 3.8) is 0 Å². The van der Waals surface area contributed by atoms with Gasteiger partial charge in [0.25, 0.3) is 0 Å². The molecule has 0 fully saturated rings. The van der Waals surface area contributed by atoms with Gasteiger partial charge in [0.1, 0.15) is 11.8 Å². The minimum absolute atomic E-state index is 0.324. The lowest BCUT2D eigenvalue weighted by Crippen LogP contribution is -2.45. The summed E-state index contributed by atoms with van der Waals surface area (Å²) in [7, 11) is -2.27. The molecule has 0 aromatic heterocycles. The molecular weight excluding hydrogens is 420 g/mol. The molecule has 0 aliphatic carbocycles. The highest BCUT2D eigenvalue weighted by Crippen LogP contribution is 2.33. The Hall–Kier alpha value is -2.06. The Bertz CT molecular complexity index is 915. The van der Waals surface area contributed by atoms with Crippen LogP contribution in [0.4, 0.5) is 11.4 Å². The minimum atomic E-state index is -3.73. The first-order valence-corrected chi connectivity index (χ1v) is 10.5. The Morgan fingerprint density at radius 2 is 1.88 bits per heavy atom. The highest BCUT2D eigenvalue weighted by molar-refractivity contribution is 9.10. The highest BCUT2D eigenvalue weighted by atomic mass is 79.9. The highest BCUT2D eigenvalue weighted by Gasteiger charge is 2.31. The lowest BCUT2D eigenvalue weighted by molar-refractivity contribution is -0.116. The maximum atomic E-state index is 12.7. The zero-order chi connectivity index (χ0) is 19.5. The molecule has 8 heteroatoms. The molecular formula is C18H21BrN2O4S. The molecule has 2 rings (SSSR count). The van der Waals surface area contributed by atoms with Crippen LogP contribution in [0.3, 0.4) is 0 Å². The number of amides is 1. The van der Waals surface area contributed by atoms with E-state index in [1.54, 1.807) is 30.3 Å². The van der Waals surface area contributed by atoms with E-state index in [9.17, 15) is 13.2 Å². The van der Waals surface area contributed by atoms with Gasteiger partial charge in [0.2, 0.25) is 15.9 Å². The van der Waals surface area contributed by atoms with E-state index in [1.807, 2.05) is 19.1 Å². The summed E-state index contributed by atoms with van der Waals surface area (Å²) in [5.41, 5.74) is 1.74. The number of anilines is 2. The number of carbonyl (C=O) groups is 1. The van der Waals surface area contributed by atoms with Crippen molar-refractivity contribution in [3.05, 3.63) is 52.5 Å². The Morgan fingerprint density at radius 3 is 2.46 bits per heavy atom. The monoisotopic (exact) mass is 440 g/mol. The summed E-state index contributed by atoms with van der Waals surface area (Å²) in [5, 5.41) is 2.75. The summed E-state index contributed by atoms with van der Waals surface area (Å²) in [6.07, 6.45) is 1.07. The van der Waals surface area contributed by atoms with Gasteiger partial charge in [0.05, 0.1) is 24.7 Å². The second-order valence-electron chi connectivity index (χ2n) is 5.88. The van der Waals surface area contributed by atoms with Gasteiger partial charge in [-0.1, -0.05) is 18.2 Å². The van der Waals surface area contributed by atoms with E-state index in [4.69, 9.17) is 4.74 Å². The predicted molar refractivity (Wildman–Crippen MR) is 107 cm³/mol. The topological polar surface area (TPSA) is 75.7 Å². The largest absolute Gasteiger partial charge is 0.495 e. The third-order valence-electron chi connectivity index (χ3n) is 3.79. The summed E-state index contributed by atoms with van der Waals surface area (Å²) in [5.74, 6) is -0.0764. The molecule has 2 aromatic carbocycles. The number of carbonyl (C=O) groups excluding carboxylic acids is 1. The van der Waals surface area contributed by atoms with Gasteiger partial charge in [-0.25, -0.2) is 8.42 Å². The molecule has 1 amide bonds. The van der Waals surface area contributed by atoms with Gasteiger partial charge in [-0.2, -0.15) is 0 Å². The zero-order valence-electron chi connectivity index (χ0n) is 15.0. The average Bonchev–Trinajstić information content (AvgIpc) is 2.56. The number of hydrogen-bond acceptors (Lipinski definition) is 4. The molecule has 0 heterocycles. The van der Waals surface area contributed by atoms with Crippen LogP contribution >= 0.6 is 15.9 Å². The molecule has 140 valence electrons. The molecule has 0 saturated carbocycles. The van der Waals surface area contributed by atoms with E-state index in [2.05, 4.69) is 21.2 Å². The van der Waals surface area contributed by atoms with Crippen molar-refractivity contribution in [1.29, 1.82) is 0 Å². The second kappa shape index (κ2) is 8.09. The van der Waals surface area contributed by atoms with Crippen LogP contribution in [0.15, 0.2) is 46.9 Å². The van der Waals surface area contributed by atoms with Crippen molar-refractivity contribution < 1.29 is 17.9 Å². The number of rotatable bonds is 6. The molecule has 0 unspecified atom stereocenters. The van der Waals surface area contributed by atoms with Crippen LogP contribution in [0.25, 0.3) is 0 Å². The van der Waals surface area contributed by atoms with Crippen molar-refractivity contribution in [2.24, 2.45) is 0 Å². The van der Waals surface area contributed by atoms with Gasteiger partial charge >= 0.3 is 0 Å². The second-order valence-corrected chi connectivity index (χ2v) is 8.59. The maximum Gasteiger partial charge on any atom is 0.248 e. The van der Waals surface area contributed by atoms with Crippen molar-refractivity contribution in [2.75, 3.05) is 23.0 Å². The van der Waals surface area contributed by atoms with Gasteiger partial charge in [-0.15, -0.1) is 0 Å². The van der Waals surface area contributed by atoms with Gasteiger partial charge in [0, 0.05) is 4.47 Å². The zero-order valence-corrected chi connectivity index (χ0v) is 17.4. The summed E-state index contributed by atoms with van der Waals surface area (Å²) >= 11 is 3.36. The number of para-hydroxylation sites is 1. The molecule has 26 heavy (non-hydrogen) atoms. The third-order valence-corrected chi connectivity index (χ3v) is 5.71. The Labute approximate surface area is 162 Å². The van der Waals surface area contributed by atoms with Crippen LogP contribution in [0.5, 0.6) is 5.75 Å². The van der Waals surface area contributed by atoms with Crippen LogP contribution in [0, 0.1) is 6.92 Å². The SMILES string of the molecule is COc1ccc(C)cc1N([C@H](C)C(=O)Nc1ccccc1Br)S(C)(=O)=O. The Morgan fingerprint density at radius 1 is 1.23 bits per heavy atom. The first-order chi connectivity index (χ1) is 12.1. The van der Waals surface area contributed by atoms with Crippen LogP contribution < -0.4 is 14.4 Å². The number of ether oxygens (including phenoxy) is 1. The van der Waals surface area contributed by atoms with Crippen molar-refractivity contribution in [2.45, 2.75) is 19.9 Å². The Balaban J connectivity index is 2.43. The first-order valence-electron chi connectivity index (χ1n) is 7.84. The Kier molecular flexibility index (Phi) is 6.30. The number of sulfonamides is 1. The van der Waals surface area contributed by atoms with Gasteiger partial charge in [-0.3, -0.25) is 9.10 Å². The van der Waals surface area contributed by atoms with Crippen molar-refractivity contribution in [1.82, 2.24) is 0 Å². The van der Waals surface area contributed by atoms with Crippen LogP contribution in [0.1, 0.15) is 12.5 Å². The summed E-state index contributed by atoms with van der Waals surface area (Å²) in [6, 6.07) is 11.3. The molecule has 0 saturated heterocycles. The molecule has 0 spiro atoms. The van der Waals surface area contributed by atoms with E-state index in [-0.39, 0.29) is 0 Å². The minimum Gasteiger partial charge on any atom is -0.495 e. The van der Waals surface area contributed by atoms with E-state index < -0.39 is 22.0 Å². The summed E-state index contributed by atoms with van der Waals surface area (Å²) in [4.78, 5) is 12.7. The van der Waals surface area contributed by atoms with E-state index >= 15 is 0 Å². The standard InChI is InChI=1S/C18H21BrN2O4S/c1-12-9-10-17(25-3)16(11-12)21(26(4,23)24)13(2)18(22)20-15-8-6-5-7-14(15)19/h5-11,13H,1-4H3,(H,20,22)/t13-/m1/s1. The van der Waals surface area contributed by atoms with Gasteiger partial charge in [-0.05, 0) is 59.6 Å².